The average molecular weight is 600 g/mol. The molecule has 2 aromatic carbocycles. The van der Waals surface area contributed by atoms with Gasteiger partial charge in [0.05, 0.1) is 26.8 Å². The van der Waals surface area contributed by atoms with E-state index in [0.29, 0.717) is 46.4 Å². The van der Waals surface area contributed by atoms with Crippen molar-refractivity contribution >= 4 is 32.6 Å². The van der Waals surface area contributed by atoms with Crippen molar-refractivity contribution in [2.45, 2.75) is 38.3 Å². The highest BCUT2D eigenvalue weighted by Crippen LogP contribution is 2.34. The fourth-order valence-corrected chi connectivity index (χ4v) is 6.47. The Morgan fingerprint density at radius 1 is 1.07 bits per heavy atom. The highest BCUT2D eigenvalue weighted by molar-refractivity contribution is 7.21. The molecular weight excluding hydrogens is 569 g/mol. The second kappa shape index (κ2) is 12.3. The first-order valence-corrected chi connectivity index (χ1v) is 14.8. The zero-order chi connectivity index (χ0) is 29.9. The standard InChI is InChI=1S/C32H30FN5O4S/c1-41-22-14-13-21(26(18-22)42-2)19-38-29(27-23(33)10-6-16-34-27)36-30-28(31(38)40)35-32(43-30)37-17-7-11-24(37)25(39)15-12-20-8-4-3-5-9-20/h3-6,8-10,13-14,16,18,24H,7,11-12,15,17,19H2,1-2H3/t24-/m1/s1. The molecule has 0 N–H and O–H groups in total. The first kappa shape index (κ1) is 28.5. The van der Waals surface area contributed by atoms with Crippen LogP contribution in [0.25, 0.3) is 21.9 Å². The Bertz CT molecular complexity index is 1840. The summed E-state index contributed by atoms with van der Waals surface area (Å²) in [6.45, 7) is 0.692. The number of rotatable bonds is 10. The van der Waals surface area contributed by atoms with Gasteiger partial charge in [-0.2, -0.15) is 0 Å². The number of carbonyl (C=O) groups excluding carboxylic acids is 1. The lowest BCUT2D eigenvalue weighted by molar-refractivity contribution is -0.120. The third-order valence-corrected chi connectivity index (χ3v) is 8.66. The van der Waals surface area contributed by atoms with E-state index in [9.17, 15) is 9.59 Å². The summed E-state index contributed by atoms with van der Waals surface area (Å²) in [6.07, 6.45) is 4.12. The molecule has 11 heteroatoms. The molecule has 5 aromatic rings. The highest BCUT2D eigenvalue weighted by atomic mass is 32.1. The summed E-state index contributed by atoms with van der Waals surface area (Å²) >= 11 is 1.23. The van der Waals surface area contributed by atoms with Crippen molar-refractivity contribution in [1.29, 1.82) is 0 Å². The second-order valence-corrected chi connectivity index (χ2v) is 11.2. The van der Waals surface area contributed by atoms with Gasteiger partial charge in [0, 0.05) is 30.8 Å². The first-order chi connectivity index (χ1) is 21.0. The van der Waals surface area contributed by atoms with E-state index in [2.05, 4.69) is 4.98 Å². The Kier molecular flexibility index (Phi) is 8.15. The summed E-state index contributed by atoms with van der Waals surface area (Å²) in [6, 6.07) is 17.7. The SMILES string of the molecule is COc1ccc(Cn2c(-c3ncccc3F)nc3sc(N4CCC[C@@H]4C(=O)CCc4ccccc4)nc3c2=O)c(OC)c1. The molecule has 0 aliphatic carbocycles. The quantitative estimate of drug-likeness (QED) is 0.214. The van der Waals surface area contributed by atoms with Crippen LogP contribution in [0, 0.1) is 5.82 Å². The zero-order valence-electron chi connectivity index (χ0n) is 23.8. The molecule has 4 heterocycles. The van der Waals surface area contributed by atoms with Gasteiger partial charge >= 0.3 is 0 Å². The molecule has 220 valence electrons. The Morgan fingerprint density at radius 3 is 2.67 bits per heavy atom. The number of hydrogen-bond donors (Lipinski definition) is 0. The van der Waals surface area contributed by atoms with Gasteiger partial charge in [-0.3, -0.25) is 14.2 Å². The van der Waals surface area contributed by atoms with E-state index in [-0.39, 0.29) is 35.4 Å². The fraction of sp³-hybridized carbons (Fsp3) is 0.281. The molecule has 1 fully saturated rings. The molecule has 43 heavy (non-hydrogen) atoms. The number of aryl methyl sites for hydroxylation is 1. The first-order valence-electron chi connectivity index (χ1n) is 14.0. The zero-order valence-corrected chi connectivity index (χ0v) is 24.6. The van der Waals surface area contributed by atoms with Gasteiger partial charge in [-0.25, -0.2) is 19.3 Å². The lowest BCUT2D eigenvalue weighted by atomic mass is 10.0. The van der Waals surface area contributed by atoms with Crippen LogP contribution in [0.3, 0.4) is 0 Å². The lowest BCUT2D eigenvalue weighted by Crippen LogP contribution is -2.36. The van der Waals surface area contributed by atoms with Gasteiger partial charge in [-0.05, 0) is 49.1 Å². The van der Waals surface area contributed by atoms with Crippen molar-refractivity contribution < 1.29 is 18.7 Å². The van der Waals surface area contributed by atoms with E-state index in [4.69, 9.17) is 19.4 Å². The van der Waals surface area contributed by atoms with Gasteiger partial charge in [0.1, 0.15) is 17.2 Å². The minimum Gasteiger partial charge on any atom is -0.497 e. The number of methoxy groups -OCH3 is 2. The Balaban J connectivity index is 1.39. The minimum absolute atomic E-state index is 0.0391. The van der Waals surface area contributed by atoms with Crippen LogP contribution in [-0.4, -0.2) is 52.1 Å². The molecule has 6 rings (SSSR count). The number of ketones is 1. The number of nitrogens with zero attached hydrogens (tertiary/aromatic N) is 5. The third-order valence-electron chi connectivity index (χ3n) is 7.67. The van der Waals surface area contributed by atoms with Crippen LogP contribution >= 0.6 is 11.3 Å². The number of thiazole rings is 1. The summed E-state index contributed by atoms with van der Waals surface area (Å²) in [5, 5.41) is 0.558. The average Bonchev–Trinajstić information content (AvgIpc) is 3.70. The highest BCUT2D eigenvalue weighted by Gasteiger charge is 2.33. The van der Waals surface area contributed by atoms with Crippen LogP contribution in [0.5, 0.6) is 11.5 Å². The monoisotopic (exact) mass is 599 g/mol. The minimum atomic E-state index is -0.599. The smallest absolute Gasteiger partial charge is 0.281 e. The van der Waals surface area contributed by atoms with Gasteiger partial charge < -0.3 is 14.4 Å². The van der Waals surface area contributed by atoms with E-state index in [0.717, 1.165) is 18.4 Å². The number of anilines is 1. The second-order valence-electron chi connectivity index (χ2n) is 10.3. The van der Waals surface area contributed by atoms with Gasteiger partial charge in [-0.15, -0.1) is 0 Å². The van der Waals surface area contributed by atoms with Crippen LogP contribution in [0.1, 0.15) is 30.4 Å². The molecule has 0 spiro atoms. The molecule has 0 bridgehead atoms. The molecule has 0 radical (unpaired) electrons. The van der Waals surface area contributed by atoms with Crippen LogP contribution in [-0.2, 0) is 17.8 Å². The summed E-state index contributed by atoms with van der Waals surface area (Å²) in [7, 11) is 3.09. The molecule has 0 amide bonds. The fourth-order valence-electron chi connectivity index (χ4n) is 5.46. The summed E-state index contributed by atoms with van der Waals surface area (Å²) in [5.41, 5.74) is 1.47. The number of aromatic nitrogens is 4. The number of fused-ring (bicyclic) bond motifs is 1. The van der Waals surface area contributed by atoms with Crippen LogP contribution in [0.4, 0.5) is 9.52 Å². The van der Waals surface area contributed by atoms with Crippen molar-refractivity contribution in [3.05, 3.63) is 94.2 Å². The Labute approximate surface area is 251 Å². The summed E-state index contributed by atoms with van der Waals surface area (Å²) < 4.78 is 27.3. The maximum absolute atomic E-state index is 15.0. The number of pyridine rings is 1. The van der Waals surface area contributed by atoms with Gasteiger partial charge in [0.15, 0.2) is 32.9 Å². The molecule has 1 aliphatic rings. The summed E-state index contributed by atoms with van der Waals surface area (Å²) in [5.74, 6) is 0.735. The predicted molar refractivity (Wildman–Crippen MR) is 164 cm³/mol. The number of halogens is 1. The summed E-state index contributed by atoms with van der Waals surface area (Å²) in [4.78, 5) is 43.3. The lowest BCUT2D eigenvalue weighted by Gasteiger charge is -2.22. The molecule has 0 saturated carbocycles. The third kappa shape index (κ3) is 5.72. The predicted octanol–water partition coefficient (Wildman–Crippen LogP) is 5.29. The molecule has 3 aromatic heterocycles. The molecule has 0 unspecified atom stereocenters. The van der Waals surface area contributed by atoms with Crippen LogP contribution < -0.4 is 19.9 Å². The van der Waals surface area contributed by atoms with Crippen molar-refractivity contribution in [2.24, 2.45) is 0 Å². The Morgan fingerprint density at radius 2 is 1.91 bits per heavy atom. The number of benzene rings is 2. The van der Waals surface area contributed by atoms with E-state index in [1.165, 1.54) is 41.3 Å². The number of ether oxygens (including phenoxy) is 2. The van der Waals surface area contributed by atoms with Crippen molar-refractivity contribution in [3.63, 3.8) is 0 Å². The number of carbonyl (C=O) groups is 1. The van der Waals surface area contributed by atoms with Crippen LogP contribution in [0.2, 0.25) is 0 Å². The van der Waals surface area contributed by atoms with E-state index < -0.39 is 11.4 Å². The molecule has 1 atom stereocenters. The number of Topliss-reactive ketones (excluding diaryl/α,β-unsaturated/α-hetero) is 1. The molecular formula is C32H30FN5O4S. The maximum atomic E-state index is 15.0. The van der Waals surface area contributed by atoms with E-state index >= 15 is 4.39 Å². The largest absolute Gasteiger partial charge is 0.497 e. The Hall–Kier alpha value is -4.64. The van der Waals surface area contributed by atoms with Gasteiger partial charge in [0.25, 0.3) is 5.56 Å². The van der Waals surface area contributed by atoms with E-state index in [1.54, 1.807) is 25.3 Å². The molecule has 1 aliphatic heterocycles. The normalized spacial score (nSPS) is 14.8. The van der Waals surface area contributed by atoms with Crippen LogP contribution in [0.15, 0.2) is 71.7 Å². The van der Waals surface area contributed by atoms with Gasteiger partial charge in [-0.1, -0.05) is 41.7 Å². The number of hydrogen-bond acceptors (Lipinski definition) is 9. The van der Waals surface area contributed by atoms with Crippen molar-refractivity contribution in [3.8, 4) is 23.0 Å². The maximum Gasteiger partial charge on any atom is 0.281 e. The molecule has 1 saturated heterocycles. The van der Waals surface area contributed by atoms with E-state index in [1.807, 2.05) is 35.2 Å². The topological polar surface area (TPSA) is 99.4 Å². The van der Waals surface area contributed by atoms with Crippen molar-refractivity contribution in [2.75, 3.05) is 25.7 Å². The van der Waals surface area contributed by atoms with Crippen molar-refractivity contribution in [1.82, 2.24) is 19.5 Å². The molecule has 9 nitrogen and oxygen atoms in total. The van der Waals surface area contributed by atoms with Gasteiger partial charge in [0.2, 0.25) is 0 Å².